The van der Waals surface area contributed by atoms with Crippen LogP contribution in [0.25, 0.3) is 0 Å². The second-order valence-electron chi connectivity index (χ2n) is 6.01. The van der Waals surface area contributed by atoms with Crippen molar-refractivity contribution in [1.82, 2.24) is 10.3 Å². The maximum Gasteiger partial charge on any atom is 0.220 e. The van der Waals surface area contributed by atoms with Gasteiger partial charge in [-0.05, 0) is 55.2 Å². The minimum absolute atomic E-state index is 0.00770. The van der Waals surface area contributed by atoms with Crippen LogP contribution >= 0.6 is 0 Å². The molecule has 5 nitrogen and oxygen atoms in total. The minimum atomic E-state index is -0.320. The fourth-order valence-corrected chi connectivity index (χ4v) is 2.69. The van der Waals surface area contributed by atoms with Crippen LogP contribution in [0.3, 0.4) is 0 Å². The molecular weight excluding hydrogens is 323 g/mol. The first-order chi connectivity index (χ1) is 12.2. The van der Waals surface area contributed by atoms with Crippen molar-refractivity contribution in [3.63, 3.8) is 0 Å². The smallest absolute Gasteiger partial charge is 0.220 e. The van der Waals surface area contributed by atoms with Crippen molar-refractivity contribution in [2.75, 3.05) is 6.61 Å². The molecule has 1 saturated heterocycles. The Morgan fingerprint density at radius 3 is 2.92 bits per heavy atom. The number of carbonyl (C=O) groups excluding carboxylic acids is 1. The normalized spacial score (nSPS) is 16.6. The van der Waals surface area contributed by atoms with Gasteiger partial charge in [-0.3, -0.25) is 4.79 Å². The highest BCUT2D eigenvalue weighted by Crippen LogP contribution is 2.20. The molecule has 1 amide bonds. The van der Waals surface area contributed by atoms with Crippen molar-refractivity contribution in [3.8, 4) is 11.6 Å². The molecule has 1 N–H and O–H groups in total. The largest absolute Gasteiger partial charge is 0.439 e. The number of rotatable bonds is 7. The van der Waals surface area contributed by atoms with E-state index in [9.17, 15) is 9.18 Å². The Morgan fingerprint density at radius 1 is 1.32 bits per heavy atom. The summed E-state index contributed by atoms with van der Waals surface area (Å²) in [6, 6.07) is 9.30. The molecule has 2 heterocycles. The topological polar surface area (TPSA) is 60.5 Å². The van der Waals surface area contributed by atoms with Crippen molar-refractivity contribution in [3.05, 3.63) is 54.0 Å². The Bertz CT molecular complexity index is 700. The third-order valence-electron chi connectivity index (χ3n) is 4.04. The highest BCUT2D eigenvalue weighted by Gasteiger charge is 2.16. The van der Waals surface area contributed by atoms with Gasteiger partial charge >= 0.3 is 0 Å². The van der Waals surface area contributed by atoms with Crippen LogP contribution in [-0.2, 0) is 16.1 Å². The molecule has 0 saturated carbocycles. The molecule has 0 unspecified atom stereocenters. The van der Waals surface area contributed by atoms with E-state index >= 15 is 0 Å². The van der Waals surface area contributed by atoms with Crippen molar-refractivity contribution in [2.45, 2.75) is 38.3 Å². The second kappa shape index (κ2) is 8.58. The van der Waals surface area contributed by atoms with Gasteiger partial charge in [0.15, 0.2) is 0 Å². The molecule has 1 aromatic heterocycles. The summed E-state index contributed by atoms with van der Waals surface area (Å²) in [5, 5.41) is 2.89. The fraction of sp³-hybridized carbons (Fsp3) is 0.368. The number of aromatic nitrogens is 1. The van der Waals surface area contributed by atoms with Crippen LogP contribution in [0, 0.1) is 5.82 Å². The van der Waals surface area contributed by atoms with E-state index in [0.717, 1.165) is 31.4 Å². The zero-order valence-electron chi connectivity index (χ0n) is 13.9. The van der Waals surface area contributed by atoms with Crippen molar-refractivity contribution < 1.29 is 18.7 Å². The first-order valence-corrected chi connectivity index (χ1v) is 8.46. The second-order valence-corrected chi connectivity index (χ2v) is 6.01. The van der Waals surface area contributed by atoms with Crippen LogP contribution in [0.15, 0.2) is 42.6 Å². The standard InChI is InChI=1S/C19H21FN2O3/c20-15-3-5-17(6-4-15)25-19-12-14(9-10-21-19)13-22-18(23)8-7-16-2-1-11-24-16/h3-6,9-10,12,16H,1-2,7-8,11,13H2,(H,22,23)/t16-/m0/s1. The van der Waals surface area contributed by atoms with Gasteiger partial charge in [-0.25, -0.2) is 9.37 Å². The Hall–Kier alpha value is -2.47. The van der Waals surface area contributed by atoms with E-state index < -0.39 is 0 Å². The van der Waals surface area contributed by atoms with Gasteiger partial charge in [-0.2, -0.15) is 0 Å². The van der Waals surface area contributed by atoms with Crippen molar-refractivity contribution in [2.24, 2.45) is 0 Å². The minimum Gasteiger partial charge on any atom is -0.439 e. The van der Waals surface area contributed by atoms with Gasteiger partial charge in [-0.1, -0.05) is 0 Å². The van der Waals surface area contributed by atoms with Gasteiger partial charge in [-0.15, -0.1) is 0 Å². The van der Waals surface area contributed by atoms with E-state index in [2.05, 4.69) is 10.3 Å². The predicted octanol–water partition coefficient (Wildman–Crippen LogP) is 3.59. The molecule has 0 radical (unpaired) electrons. The van der Waals surface area contributed by atoms with Crippen LogP contribution < -0.4 is 10.1 Å². The van der Waals surface area contributed by atoms with Crippen LogP contribution in [0.4, 0.5) is 4.39 Å². The predicted molar refractivity (Wildman–Crippen MR) is 90.8 cm³/mol. The van der Waals surface area contributed by atoms with E-state index in [1.807, 2.05) is 6.07 Å². The fourth-order valence-electron chi connectivity index (χ4n) is 2.69. The molecule has 25 heavy (non-hydrogen) atoms. The van der Waals surface area contributed by atoms with E-state index in [1.54, 1.807) is 12.3 Å². The van der Waals surface area contributed by atoms with Crippen LogP contribution in [-0.4, -0.2) is 23.6 Å². The molecule has 1 aliphatic rings. The number of ether oxygens (including phenoxy) is 2. The molecule has 0 aliphatic carbocycles. The number of nitrogens with zero attached hydrogens (tertiary/aromatic N) is 1. The number of hydrogen-bond acceptors (Lipinski definition) is 4. The maximum absolute atomic E-state index is 12.9. The third kappa shape index (κ3) is 5.53. The summed E-state index contributed by atoms with van der Waals surface area (Å²) >= 11 is 0. The SMILES string of the molecule is O=C(CC[C@@H]1CCCO1)NCc1ccnc(Oc2ccc(F)cc2)c1. The van der Waals surface area contributed by atoms with Crippen LogP contribution in [0.5, 0.6) is 11.6 Å². The molecular formula is C19H21FN2O3. The van der Waals surface area contributed by atoms with E-state index in [-0.39, 0.29) is 17.8 Å². The zero-order valence-corrected chi connectivity index (χ0v) is 13.9. The van der Waals surface area contributed by atoms with Gasteiger partial charge in [0, 0.05) is 31.8 Å². The summed E-state index contributed by atoms with van der Waals surface area (Å²) in [7, 11) is 0. The van der Waals surface area contributed by atoms with Gasteiger partial charge in [0.2, 0.25) is 11.8 Å². The number of nitrogens with one attached hydrogen (secondary N) is 1. The van der Waals surface area contributed by atoms with Crippen molar-refractivity contribution >= 4 is 5.91 Å². The zero-order chi connectivity index (χ0) is 17.5. The van der Waals surface area contributed by atoms with Gasteiger partial charge in [0.1, 0.15) is 11.6 Å². The lowest BCUT2D eigenvalue weighted by atomic mass is 10.1. The lowest BCUT2D eigenvalue weighted by molar-refractivity contribution is -0.121. The molecule has 1 aliphatic heterocycles. The molecule has 132 valence electrons. The molecule has 0 spiro atoms. The summed E-state index contributed by atoms with van der Waals surface area (Å²) in [6.45, 7) is 1.22. The van der Waals surface area contributed by atoms with Crippen LogP contribution in [0.1, 0.15) is 31.2 Å². The van der Waals surface area contributed by atoms with E-state index in [4.69, 9.17) is 9.47 Å². The molecule has 6 heteroatoms. The van der Waals surface area contributed by atoms with Gasteiger partial charge < -0.3 is 14.8 Å². The maximum atomic E-state index is 12.9. The third-order valence-corrected chi connectivity index (χ3v) is 4.04. The number of amides is 1. The summed E-state index contributed by atoms with van der Waals surface area (Å²) in [5.74, 6) is 0.595. The van der Waals surface area contributed by atoms with Gasteiger partial charge in [0.05, 0.1) is 6.10 Å². The van der Waals surface area contributed by atoms with E-state index in [0.29, 0.717) is 24.6 Å². The Morgan fingerprint density at radius 2 is 2.16 bits per heavy atom. The molecule has 0 bridgehead atoms. The lowest BCUT2D eigenvalue weighted by Gasteiger charge is -2.10. The molecule has 1 fully saturated rings. The van der Waals surface area contributed by atoms with Gasteiger partial charge in [0.25, 0.3) is 0 Å². The Labute approximate surface area is 146 Å². The molecule has 2 aromatic rings. The van der Waals surface area contributed by atoms with Crippen LogP contribution in [0.2, 0.25) is 0 Å². The monoisotopic (exact) mass is 344 g/mol. The highest BCUT2D eigenvalue weighted by molar-refractivity contribution is 5.75. The first-order valence-electron chi connectivity index (χ1n) is 8.46. The first kappa shape index (κ1) is 17.4. The summed E-state index contributed by atoms with van der Waals surface area (Å²) < 4.78 is 24.0. The van der Waals surface area contributed by atoms with Crippen molar-refractivity contribution in [1.29, 1.82) is 0 Å². The lowest BCUT2D eigenvalue weighted by Crippen LogP contribution is -2.23. The Kier molecular flexibility index (Phi) is 5.95. The summed E-state index contributed by atoms with van der Waals surface area (Å²) in [6.07, 6.45) is 5.20. The number of hydrogen-bond donors (Lipinski definition) is 1. The number of pyridine rings is 1. The average molecular weight is 344 g/mol. The number of benzene rings is 1. The number of halogens is 1. The summed E-state index contributed by atoms with van der Waals surface area (Å²) in [5.41, 5.74) is 0.887. The number of carbonyl (C=O) groups is 1. The Balaban J connectivity index is 1.47. The van der Waals surface area contributed by atoms with E-state index in [1.165, 1.54) is 24.3 Å². The molecule has 3 rings (SSSR count). The average Bonchev–Trinajstić information content (AvgIpc) is 3.14. The highest BCUT2D eigenvalue weighted by atomic mass is 19.1. The molecule has 1 aromatic carbocycles. The molecule has 1 atom stereocenters. The quantitative estimate of drug-likeness (QED) is 0.834. The summed E-state index contributed by atoms with van der Waals surface area (Å²) in [4.78, 5) is 16.1.